The van der Waals surface area contributed by atoms with Gasteiger partial charge in [0.2, 0.25) is 0 Å². The number of nitrogens with zero attached hydrogens (tertiary/aromatic N) is 5. The van der Waals surface area contributed by atoms with Crippen molar-refractivity contribution in [2.75, 3.05) is 0 Å². The lowest BCUT2D eigenvalue weighted by molar-refractivity contribution is 0.908. The number of rotatable bonds is 4. The van der Waals surface area contributed by atoms with Gasteiger partial charge in [-0.1, -0.05) is 85.8 Å². The van der Waals surface area contributed by atoms with Gasteiger partial charge in [-0.05, 0) is 47.5 Å². The van der Waals surface area contributed by atoms with Crippen molar-refractivity contribution in [1.29, 1.82) is 0 Å². The minimum Gasteiger partial charge on any atom is -0.296 e. The molecule has 5 nitrogen and oxygen atoms in total. The molecule has 0 aliphatic rings. The molecule has 0 saturated carbocycles. The lowest BCUT2D eigenvalue weighted by Crippen LogP contribution is -2.00. The van der Waals surface area contributed by atoms with Gasteiger partial charge in [0.15, 0.2) is 5.65 Å². The quantitative estimate of drug-likeness (QED) is 0.237. The number of hydrogen-bond acceptors (Lipinski definition) is 3. The molecule has 4 heterocycles. The Morgan fingerprint density at radius 1 is 0.625 bits per heavy atom. The topological polar surface area (TPSA) is 48.0 Å². The van der Waals surface area contributed by atoms with E-state index in [-0.39, 0.29) is 0 Å². The highest BCUT2D eigenvalue weighted by atomic mass is 15.1. The van der Waals surface area contributed by atoms with Crippen LogP contribution in [0.5, 0.6) is 0 Å². The summed E-state index contributed by atoms with van der Waals surface area (Å²) in [6.07, 6.45) is 2.89. The third-order valence-electron chi connectivity index (χ3n) is 7.70. The van der Waals surface area contributed by atoms with Gasteiger partial charge < -0.3 is 0 Å². The van der Waals surface area contributed by atoms with E-state index in [0.717, 1.165) is 73.4 Å². The van der Waals surface area contributed by atoms with Crippen molar-refractivity contribution >= 4 is 38.6 Å². The monoisotopic (exact) mass is 515 g/mol. The molecule has 0 saturated heterocycles. The third kappa shape index (κ3) is 3.45. The highest BCUT2D eigenvalue weighted by Crippen LogP contribution is 2.34. The first-order chi connectivity index (χ1) is 19.8. The van der Waals surface area contributed by atoms with Crippen LogP contribution in [-0.4, -0.2) is 23.9 Å². The van der Waals surface area contributed by atoms with Gasteiger partial charge >= 0.3 is 0 Å². The largest absolute Gasteiger partial charge is 0.296 e. The lowest BCUT2D eigenvalue weighted by Gasteiger charge is -2.12. The van der Waals surface area contributed by atoms with Gasteiger partial charge in [-0.15, -0.1) is 0 Å². The Morgan fingerprint density at radius 3 is 2.27 bits per heavy atom. The van der Waals surface area contributed by atoms with Crippen LogP contribution in [0.2, 0.25) is 0 Å². The Hall–Kier alpha value is -5.29. The fraction of sp³-hybridized carbons (Fsp3) is 0.0571. The molecule has 5 heteroatoms. The molecule has 4 aromatic heterocycles. The van der Waals surface area contributed by atoms with Crippen molar-refractivity contribution < 1.29 is 0 Å². The third-order valence-corrected chi connectivity index (χ3v) is 7.70. The number of aromatic nitrogens is 5. The number of pyridine rings is 2. The maximum atomic E-state index is 5.15. The summed E-state index contributed by atoms with van der Waals surface area (Å²) in [5.41, 5.74) is 10.4. The molecule has 8 rings (SSSR count). The van der Waals surface area contributed by atoms with E-state index in [1.54, 1.807) is 0 Å². The molecule has 0 unspecified atom stereocenters. The van der Waals surface area contributed by atoms with Crippen molar-refractivity contribution in [3.63, 3.8) is 0 Å². The van der Waals surface area contributed by atoms with Crippen molar-refractivity contribution in [2.24, 2.45) is 0 Å². The van der Waals surface area contributed by atoms with Gasteiger partial charge in [-0.2, -0.15) is 0 Å². The Morgan fingerprint density at radius 2 is 1.40 bits per heavy atom. The van der Waals surface area contributed by atoms with E-state index in [0.29, 0.717) is 0 Å². The smallest absolute Gasteiger partial charge is 0.165 e. The van der Waals surface area contributed by atoms with Crippen LogP contribution in [0.3, 0.4) is 0 Å². The summed E-state index contributed by atoms with van der Waals surface area (Å²) in [6.45, 7) is 2.15. The number of aryl methyl sites for hydroxylation is 1. The summed E-state index contributed by atoms with van der Waals surface area (Å²) in [5, 5.41) is 2.22. The summed E-state index contributed by atoms with van der Waals surface area (Å²) in [7, 11) is 0. The van der Waals surface area contributed by atoms with Crippen LogP contribution < -0.4 is 0 Å². The molecule has 8 aromatic rings. The number of imidazole rings is 2. The van der Waals surface area contributed by atoms with Crippen LogP contribution in [0.25, 0.3) is 66.7 Å². The summed E-state index contributed by atoms with van der Waals surface area (Å²) in [6, 6.07) is 40.2. The first-order valence-electron chi connectivity index (χ1n) is 13.6. The molecule has 190 valence electrons. The van der Waals surface area contributed by atoms with E-state index in [2.05, 4.69) is 107 Å². The number of benzene rings is 4. The van der Waals surface area contributed by atoms with Crippen LogP contribution in [0.1, 0.15) is 12.7 Å². The van der Waals surface area contributed by atoms with Crippen LogP contribution in [0.15, 0.2) is 121 Å². The maximum Gasteiger partial charge on any atom is 0.165 e. The van der Waals surface area contributed by atoms with E-state index in [4.69, 9.17) is 15.0 Å². The minimum absolute atomic E-state index is 0.866. The molecular weight excluding hydrogens is 490 g/mol. The van der Waals surface area contributed by atoms with Crippen molar-refractivity contribution in [1.82, 2.24) is 23.9 Å². The van der Waals surface area contributed by atoms with Gasteiger partial charge in [-0.25, -0.2) is 15.0 Å². The molecule has 0 bridgehead atoms. The number of fused-ring (bicyclic) bond motifs is 6. The number of para-hydroxylation sites is 2. The van der Waals surface area contributed by atoms with E-state index in [1.807, 2.05) is 30.5 Å². The fourth-order valence-electron chi connectivity index (χ4n) is 5.80. The van der Waals surface area contributed by atoms with Crippen LogP contribution in [0, 0.1) is 0 Å². The SMILES string of the molecule is CCc1nc2ccccc2n1-c1cccc(-c2ccc(-c3nc4c(nc5ccccn54)c4ccccc34)cc2)c1. The van der Waals surface area contributed by atoms with Gasteiger partial charge in [0.05, 0.1) is 16.7 Å². The maximum absolute atomic E-state index is 5.15. The molecule has 0 N–H and O–H groups in total. The van der Waals surface area contributed by atoms with Gasteiger partial charge in [0, 0.05) is 34.6 Å². The van der Waals surface area contributed by atoms with E-state index in [1.165, 1.54) is 5.56 Å². The van der Waals surface area contributed by atoms with Gasteiger partial charge in [-0.3, -0.25) is 8.97 Å². The predicted molar refractivity (Wildman–Crippen MR) is 163 cm³/mol. The molecule has 0 radical (unpaired) electrons. The zero-order chi connectivity index (χ0) is 26.6. The van der Waals surface area contributed by atoms with Crippen LogP contribution >= 0.6 is 0 Å². The fourth-order valence-corrected chi connectivity index (χ4v) is 5.80. The predicted octanol–water partition coefficient (Wildman–Crippen LogP) is 8.27. The molecular formula is C35H25N5. The van der Waals surface area contributed by atoms with E-state index >= 15 is 0 Å². The molecule has 0 amide bonds. The summed E-state index contributed by atoms with van der Waals surface area (Å²) in [4.78, 5) is 14.9. The van der Waals surface area contributed by atoms with Crippen molar-refractivity contribution in [2.45, 2.75) is 13.3 Å². The molecule has 40 heavy (non-hydrogen) atoms. The average molecular weight is 516 g/mol. The van der Waals surface area contributed by atoms with E-state index < -0.39 is 0 Å². The van der Waals surface area contributed by atoms with Crippen molar-refractivity contribution in [3.05, 3.63) is 127 Å². The van der Waals surface area contributed by atoms with Crippen LogP contribution in [0.4, 0.5) is 0 Å². The molecule has 4 aromatic carbocycles. The second-order valence-electron chi connectivity index (χ2n) is 10.1. The minimum atomic E-state index is 0.866. The zero-order valence-corrected chi connectivity index (χ0v) is 22.0. The van der Waals surface area contributed by atoms with Gasteiger partial charge in [0.1, 0.15) is 17.0 Å². The normalized spacial score (nSPS) is 11.7. The summed E-state index contributed by atoms with van der Waals surface area (Å²) in [5.74, 6) is 1.06. The molecule has 0 aliphatic carbocycles. The molecule has 0 aliphatic heterocycles. The average Bonchev–Trinajstić information content (AvgIpc) is 3.59. The Bertz CT molecular complexity index is 2200. The molecule has 0 fully saturated rings. The first-order valence-corrected chi connectivity index (χ1v) is 13.6. The zero-order valence-electron chi connectivity index (χ0n) is 22.0. The molecule has 0 atom stereocenters. The van der Waals surface area contributed by atoms with Crippen molar-refractivity contribution in [3.8, 4) is 28.1 Å². The summed E-state index contributed by atoms with van der Waals surface area (Å²) < 4.78 is 4.34. The Labute approximate surface area is 231 Å². The highest BCUT2D eigenvalue weighted by Gasteiger charge is 2.15. The molecule has 0 spiro atoms. The lowest BCUT2D eigenvalue weighted by atomic mass is 9.99. The second-order valence-corrected chi connectivity index (χ2v) is 10.1. The van der Waals surface area contributed by atoms with Gasteiger partial charge in [0.25, 0.3) is 0 Å². The Balaban J connectivity index is 1.24. The number of hydrogen-bond donors (Lipinski definition) is 0. The summed E-state index contributed by atoms with van der Waals surface area (Å²) >= 11 is 0. The standard InChI is InChI=1S/C35H25N5/c1-2-31-36-29-14-5-6-15-30(29)40(31)26-11-9-10-25(22-26)23-17-19-24(20-18-23)33-27-12-3-4-13-28(27)34-35(38-33)39-21-8-7-16-32(39)37-34/h3-22H,2H2,1H3. The Kier molecular flexibility index (Phi) is 5.04. The van der Waals surface area contributed by atoms with E-state index in [9.17, 15) is 0 Å². The first kappa shape index (κ1) is 22.7. The second kappa shape index (κ2) is 8.89. The highest BCUT2D eigenvalue weighted by molar-refractivity contribution is 6.09. The van der Waals surface area contributed by atoms with Crippen LogP contribution in [-0.2, 0) is 6.42 Å².